The lowest BCUT2D eigenvalue weighted by molar-refractivity contribution is -0.144. The third kappa shape index (κ3) is 4.07. The van der Waals surface area contributed by atoms with Crippen LogP contribution in [0.1, 0.15) is 55.3 Å². The summed E-state index contributed by atoms with van der Waals surface area (Å²) >= 11 is 0. The van der Waals surface area contributed by atoms with E-state index in [9.17, 15) is 9.90 Å². The molecule has 0 radical (unpaired) electrons. The van der Waals surface area contributed by atoms with Crippen LogP contribution in [0.3, 0.4) is 0 Å². The summed E-state index contributed by atoms with van der Waals surface area (Å²) < 4.78 is 0. The summed E-state index contributed by atoms with van der Waals surface area (Å²) in [7, 11) is 0. The van der Waals surface area contributed by atoms with Crippen molar-refractivity contribution in [2.75, 3.05) is 6.54 Å². The highest BCUT2D eigenvalue weighted by Gasteiger charge is 2.30. The number of aryl methyl sites for hydroxylation is 2. The lowest BCUT2D eigenvalue weighted by Gasteiger charge is -2.30. The Morgan fingerprint density at radius 1 is 1.33 bits per heavy atom. The maximum Gasteiger partial charge on any atom is 0.306 e. The number of nitrogens with one attached hydrogen (secondary N) is 1. The summed E-state index contributed by atoms with van der Waals surface area (Å²) in [6.45, 7) is 7.21. The highest BCUT2D eigenvalue weighted by Crippen LogP contribution is 2.30. The van der Waals surface area contributed by atoms with Gasteiger partial charge in [-0.25, -0.2) is 0 Å². The lowest BCUT2D eigenvalue weighted by Crippen LogP contribution is -2.35. The van der Waals surface area contributed by atoms with Crippen LogP contribution in [0, 0.1) is 25.7 Å². The molecule has 21 heavy (non-hydrogen) atoms. The number of carbonyl (C=O) groups is 1. The number of rotatable bonds is 5. The minimum Gasteiger partial charge on any atom is -0.481 e. The third-order valence-corrected chi connectivity index (χ3v) is 4.81. The molecule has 0 bridgehead atoms. The van der Waals surface area contributed by atoms with E-state index in [4.69, 9.17) is 0 Å². The molecule has 0 spiro atoms. The van der Waals surface area contributed by atoms with Gasteiger partial charge in [-0.05, 0) is 57.2 Å². The molecule has 0 amide bonds. The zero-order chi connectivity index (χ0) is 15.4. The first-order valence-corrected chi connectivity index (χ1v) is 8.02. The number of carboxylic acids is 1. The first-order valence-electron chi connectivity index (χ1n) is 8.02. The van der Waals surface area contributed by atoms with Crippen LogP contribution < -0.4 is 5.32 Å². The monoisotopic (exact) mass is 289 g/mol. The summed E-state index contributed by atoms with van der Waals surface area (Å²) in [5.41, 5.74) is 3.88. The summed E-state index contributed by atoms with van der Waals surface area (Å²) in [6.07, 6.45) is 4.08. The van der Waals surface area contributed by atoms with E-state index in [2.05, 4.69) is 44.3 Å². The Balaban J connectivity index is 1.98. The molecule has 1 aliphatic rings. The predicted molar refractivity (Wildman–Crippen MR) is 85.4 cm³/mol. The largest absolute Gasteiger partial charge is 0.481 e. The van der Waals surface area contributed by atoms with Gasteiger partial charge >= 0.3 is 5.97 Å². The fourth-order valence-corrected chi connectivity index (χ4v) is 3.44. The minimum atomic E-state index is -0.624. The van der Waals surface area contributed by atoms with Gasteiger partial charge in [0.2, 0.25) is 0 Å². The molecule has 3 atom stereocenters. The number of carboxylic acid groups (broad SMARTS) is 1. The second kappa shape index (κ2) is 7.08. The van der Waals surface area contributed by atoms with E-state index in [1.165, 1.54) is 16.7 Å². The fraction of sp³-hybridized carbons (Fsp3) is 0.611. The Labute approximate surface area is 127 Å². The van der Waals surface area contributed by atoms with Gasteiger partial charge in [0.1, 0.15) is 0 Å². The average Bonchev–Trinajstić information content (AvgIpc) is 2.47. The summed E-state index contributed by atoms with van der Waals surface area (Å²) in [5, 5.41) is 12.9. The fourth-order valence-electron chi connectivity index (χ4n) is 3.44. The number of hydrogen-bond donors (Lipinski definition) is 2. The molecule has 3 unspecified atom stereocenters. The molecule has 0 aromatic heterocycles. The molecule has 1 saturated carbocycles. The molecule has 1 aromatic carbocycles. The van der Waals surface area contributed by atoms with Crippen LogP contribution in [0.2, 0.25) is 0 Å². The number of aliphatic carboxylic acids is 1. The molecule has 2 rings (SSSR count). The van der Waals surface area contributed by atoms with E-state index >= 15 is 0 Å². The molecule has 1 fully saturated rings. The van der Waals surface area contributed by atoms with Gasteiger partial charge in [0.05, 0.1) is 5.92 Å². The van der Waals surface area contributed by atoms with Crippen LogP contribution in [0.25, 0.3) is 0 Å². The molecule has 0 aliphatic heterocycles. The molecule has 0 saturated heterocycles. The van der Waals surface area contributed by atoms with Gasteiger partial charge in [0, 0.05) is 6.04 Å². The second-order valence-electron chi connectivity index (χ2n) is 6.48. The van der Waals surface area contributed by atoms with Crippen molar-refractivity contribution in [3.05, 3.63) is 34.9 Å². The van der Waals surface area contributed by atoms with Gasteiger partial charge in [-0.2, -0.15) is 0 Å². The molecule has 3 nitrogen and oxygen atoms in total. The van der Waals surface area contributed by atoms with Crippen molar-refractivity contribution in [1.82, 2.24) is 5.32 Å². The highest BCUT2D eigenvalue weighted by atomic mass is 16.4. The van der Waals surface area contributed by atoms with E-state index in [1.54, 1.807) is 0 Å². The van der Waals surface area contributed by atoms with Gasteiger partial charge in [0.15, 0.2) is 0 Å². The number of hydrogen-bond acceptors (Lipinski definition) is 2. The van der Waals surface area contributed by atoms with Crippen LogP contribution in [-0.2, 0) is 4.79 Å². The average molecular weight is 289 g/mol. The Kier molecular flexibility index (Phi) is 5.40. The molecule has 0 heterocycles. The van der Waals surface area contributed by atoms with E-state index in [1.807, 2.05) is 0 Å². The minimum absolute atomic E-state index is 0.169. The van der Waals surface area contributed by atoms with Gasteiger partial charge in [-0.3, -0.25) is 4.79 Å². The van der Waals surface area contributed by atoms with Gasteiger partial charge in [-0.15, -0.1) is 0 Å². The molecular weight excluding hydrogens is 262 g/mol. The predicted octanol–water partition coefficient (Wildman–Crippen LogP) is 3.85. The quantitative estimate of drug-likeness (QED) is 0.865. The third-order valence-electron chi connectivity index (χ3n) is 4.81. The zero-order valence-corrected chi connectivity index (χ0v) is 13.4. The normalized spacial score (nSPS) is 23.8. The smallest absolute Gasteiger partial charge is 0.306 e. The molecule has 2 N–H and O–H groups in total. The summed E-state index contributed by atoms with van der Waals surface area (Å²) in [4.78, 5) is 11.4. The Bertz CT molecular complexity index is 498. The van der Waals surface area contributed by atoms with Crippen LogP contribution >= 0.6 is 0 Å². The number of benzene rings is 1. The maximum absolute atomic E-state index is 11.4. The molecular formula is C18H27NO2. The van der Waals surface area contributed by atoms with E-state index < -0.39 is 5.97 Å². The summed E-state index contributed by atoms with van der Waals surface area (Å²) in [6, 6.07) is 6.78. The second-order valence-corrected chi connectivity index (χ2v) is 6.48. The first kappa shape index (κ1) is 16.0. The van der Waals surface area contributed by atoms with Crippen molar-refractivity contribution in [1.29, 1.82) is 0 Å². The maximum atomic E-state index is 11.4. The summed E-state index contributed by atoms with van der Waals surface area (Å²) in [5.74, 6) is -0.526. The van der Waals surface area contributed by atoms with Crippen molar-refractivity contribution < 1.29 is 9.90 Å². The van der Waals surface area contributed by atoms with Crippen molar-refractivity contribution in [3.63, 3.8) is 0 Å². The Morgan fingerprint density at radius 2 is 2.05 bits per heavy atom. The highest BCUT2D eigenvalue weighted by molar-refractivity contribution is 5.70. The molecule has 3 heteroatoms. The van der Waals surface area contributed by atoms with E-state index in [-0.39, 0.29) is 17.9 Å². The lowest BCUT2D eigenvalue weighted by atomic mass is 9.79. The van der Waals surface area contributed by atoms with Crippen molar-refractivity contribution in [2.24, 2.45) is 11.8 Å². The van der Waals surface area contributed by atoms with Gasteiger partial charge < -0.3 is 10.4 Å². The standard InChI is InChI=1S/C18H27NO2/c1-12-8-9-13(2)17(10-12)14(3)19-11-15-6-4-5-7-16(15)18(20)21/h8-10,14-16,19H,4-7,11H2,1-3H3,(H,20,21). The molecule has 116 valence electrons. The zero-order valence-electron chi connectivity index (χ0n) is 13.4. The Morgan fingerprint density at radius 3 is 2.76 bits per heavy atom. The van der Waals surface area contributed by atoms with Gasteiger partial charge in [0.25, 0.3) is 0 Å². The topological polar surface area (TPSA) is 49.3 Å². The van der Waals surface area contributed by atoms with Crippen LogP contribution in [-0.4, -0.2) is 17.6 Å². The molecule has 1 aromatic rings. The van der Waals surface area contributed by atoms with Crippen LogP contribution in [0.5, 0.6) is 0 Å². The van der Waals surface area contributed by atoms with Crippen LogP contribution in [0.4, 0.5) is 0 Å². The van der Waals surface area contributed by atoms with Crippen molar-refractivity contribution in [3.8, 4) is 0 Å². The van der Waals surface area contributed by atoms with Crippen molar-refractivity contribution in [2.45, 2.75) is 52.5 Å². The van der Waals surface area contributed by atoms with E-state index in [0.29, 0.717) is 0 Å². The van der Waals surface area contributed by atoms with Crippen molar-refractivity contribution >= 4 is 5.97 Å². The molecule has 1 aliphatic carbocycles. The van der Waals surface area contributed by atoms with E-state index in [0.717, 1.165) is 32.2 Å². The van der Waals surface area contributed by atoms with Gasteiger partial charge in [-0.1, -0.05) is 36.6 Å². The van der Waals surface area contributed by atoms with Crippen LogP contribution in [0.15, 0.2) is 18.2 Å². The first-order chi connectivity index (χ1) is 9.99. The Hall–Kier alpha value is -1.35. The SMILES string of the molecule is Cc1ccc(C)c(C(C)NCC2CCCCC2C(=O)O)c1.